The average Bonchev–Trinajstić information content (AvgIpc) is 3.12. The zero-order valence-electron chi connectivity index (χ0n) is 19.9. The number of esters is 1. The number of fused-ring (bicyclic) bond motifs is 1. The molecule has 4 rings (SSSR count). The van der Waals surface area contributed by atoms with E-state index in [1.807, 2.05) is 48.8 Å². The molecule has 3 aromatic rings. The summed E-state index contributed by atoms with van der Waals surface area (Å²) in [6.45, 7) is 5.19. The highest BCUT2D eigenvalue weighted by molar-refractivity contribution is 6.11. The van der Waals surface area contributed by atoms with Crippen LogP contribution in [-0.4, -0.2) is 40.1 Å². The molecule has 0 unspecified atom stereocenters. The van der Waals surface area contributed by atoms with E-state index in [9.17, 15) is 9.59 Å². The van der Waals surface area contributed by atoms with Gasteiger partial charge in [0.05, 0.1) is 24.7 Å². The first-order valence-electron chi connectivity index (χ1n) is 11.7. The normalized spacial score (nSPS) is 14.0. The quantitative estimate of drug-likeness (QED) is 0.358. The molecular weight excluding hydrogens is 430 g/mol. The summed E-state index contributed by atoms with van der Waals surface area (Å²) in [5.74, 6) is -0.602. The minimum absolute atomic E-state index is 0.0241. The molecule has 3 heterocycles. The molecule has 0 spiro atoms. The summed E-state index contributed by atoms with van der Waals surface area (Å²) >= 11 is 0. The number of carbonyl (C=O) groups is 2. The van der Waals surface area contributed by atoms with Crippen molar-refractivity contribution in [2.45, 2.75) is 46.1 Å². The van der Waals surface area contributed by atoms with E-state index in [0.717, 1.165) is 30.6 Å². The Bertz CT molecular complexity index is 1210. The van der Waals surface area contributed by atoms with Crippen LogP contribution in [0.15, 0.2) is 48.3 Å². The van der Waals surface area contributed by atoms with Crippen molar-refractivity contribution >= 4 is 34.3 Å². The molecule has 3 aromatic heterocycles. The first-order chi connectivity index (χ1) is 16.5. The van der Waals surface area contributed by atoms with Crippen molar-refractivity contribution < 1.29 is 14.3 Å². The lowest BCUT2D eigenvalue weighted by Gasteiger charge is -2.24. The second kappa shape index (κ2) is 10.5. The van der Waals surface area contributed by atoms with Gasteiger partial charge in [0.25, 0.3) is 0 Å². The lowest BCUT2D eigenvalue weighted by atomic mass is 9.85. The number of ether oxygens (including phenoxy) is 1. The Morgan fingerprint density at radius 1 is 1.26 bits per heavy atom. The number of amides is 1. The predicted octanol–water partition coefficient (Wildman–Crippen LogP) is 4.58. The van der Waals surface area contributed by atoms with E-state index in [-0.39, 0.29) is 11.8 Å². The second-order valence-corrected chi connectivity index (χ2v) is 8.64. The molecule has 0 saturated heterocycles. The summed E-state index contributed by atoms with van der Waals surface area (Å²) in [7, 11) is 1.35. The van der Waals surface area contributed by atoms with Gasteiger partial charge in [0, 0.05) is 42.7 Å². The molecule has 34 heavy (non-hydrogen) atoms. The van der Waals surface area contributed by atoms with Crippen LogP contribution in [0.2, 0.25) is 0 Å². The van der Waals surface area contributed by atoms with Crippen LogP contribution in [0.3, 0.4) is 0 Å². The summed E-state index contributed by atoms with van der Waals surface area (Å²) in [6, 6.07) is 7.69. The molecule has 2 N–H and O–H groups in total. The molecule has 1 aliphatic carbocycles. The summed E-state index contributed by atoms with van der Waals surface area (Å²) in [6.07, 6.45) is 8.93. The third-order valence-electron chi connectivity index (χ3n) is 6.38. The Morgan fingerprint density at radius 2 is 2.09 bits per heavy atom. The van der Waals surface area contributed by atoms with Crippen LogP contribution < -0.4 is 10.6 Å². The Morgan fingerprint density at radius 3 is 2.74 bits per heavy atom. The molecule has 1 amide bonds. The zero-order chi connectivity index (χ0) is 24.1. The van der Waals surface area contributed by atoms with Gasteiger partial charge in [-0.1, -0.05) is 24.1 Å². The Labute approximate surface area is 199 Å². The number of nitrogens with zero attached hydrogens (tertiary/aromatic N) is 3. The van der Waals surface area contributed by atoms with E-state index in [2.05, 4.69) is 20.6 Å². The standard InChI is InChI=1S/C26H31N5O3/c1-4-17(2)15-28-20-14-21-22(30-25(32)18-8-7-9-18)23(26(33)34-3)31(24(21)29-16-20)13-11-19-10-5-6-12-27-19/h4-6,10,12,14,16,18,28H,7-9,11,13,15H2,1-3H3,(H,30,32)/b17-4+. The lowest BCUT2D eigenvalue weighted by Crippen LogP contribution is -2.29. The molecule has 0 radical (unpaired) electrons. The van der Waals surface area contributed by atoms with Gasteiger partial charge in [-0.3, -0.25) is 9.78 Å². The summed E-state index contributed by atoms with van der Waals surface area (Å²) in [4.78, 5) is 34.9. The van der Waals surface area contributed by atoms with E-state index < -0.39 is 5.97 Å². The number of aryl methyl sites for hydroxylation is 2. The molecule has 8 heteroatoms. The maximum atomic E-state index is 12.9. The Kier molecular flexibility index (Phi) is 7.25. The first kappa shape index (κ1) is 23.5. The van der Waals surface area contributed by atoms with Crippen molar-refractivity contribution in [3.63, 3.8) is 0 Å². The van der Waals surface area contributed by atoms with Crippen LogP contribution >= 0.6 is 0 Å². The highest BCUT2D eigenvalue weighted by Crippen LogP contribution is 2.35. The fourth-order valence-electron chi connectivity index (χ4n) is 3.99. The van der Waals surface area contributed by atoms with Crippen molar-refractivity contribution in [3.05, 3.63) is 59.7 Å². The van der Waals surface area contributed by atoms with Gasteiger partial charge in [-0.05, 0) is 44.9 Å². The lowest BCUT2D eigenvalue weighted by molar-refractivity contribution is -0.122. The van der Waals surface area contributed by atoms with Crippen molar-refractivity contribution in [2.24, 2.45) is 5.92 Å². The minimum Gasteiger partial charge on any atom is -0.464 e. The zero-order valence-corrected chi connectivity index (χ0v) is 19.9. The summed E-state index contributed by atoms with van der Waals surface area (Å²) in [5.41, 5.74) is 4.29. The number of allylic oxidation sites excluding steroid dienone is 1. The highest BCUT2D eigenvalue weighted by Gasteiger charge is 2.30. The topological polar surface area (TPSA) is 98.1 Å². The van der Waals surface area contributed by atoms with E-state index in [0.29, 0.717) is 41.9 Å². The summed E-state index contributed by atoms with van der Waals surface area (Å²) in [5, 5.41) is 7.11. The van der Waals surface area contributed by atoms with Gasteiger partial charge < -0.3 is 19.9 Å². The van der Waals surface area contributed by atoms with Gasteiger partial charge in [0.1, 0.15) is 5.65 Å². The number of methoxy groups -OCH3 is 1. The van der Waals surface area contributed by atoms with Crippen LogP contribution in [0.1, 0.15) is 49.3 Å². The van der Waals surface area contributed by atoms with Crippen LogP contribution in [0.5, 0.6) is 0 Å². The maximum Gasteiger partial charge on any atom is 0.356 e. The number of hydrogen-bond acceptors (Lipinski definition) is 6. The van der Waals surface area contributed by atoms with Gasteiger partial charge >= 0.3 is 5.97 Å². The third kappa shape index (κ3) is 4.95. The first-order valence-corrected chi connectivity index (χ1v) is 11.7. The van der Waals surface area contributed by atoms with Crippen LogP contribution in [0.4, 0.5) is 11.4 Å². The molecule has 1 saturated carbocycles. The maximum absolute atomic E-state index is 12.9. The van der Waals surface area contributed by atoms with E-state index in [4.69, 9.17) is 4.74 Å². The Hall–Kier alpha value is -3.68. The molecule has 1 fully saturated rings. The van der Waals surface area contributed by atoms with Crippen LogP contribution in [-0.2, 0) is 22.5 Å². The van der Waals surface area contributed by atoms with Gasteiger partial charge in [-0.25, -0.2) is 9.78 Å². The van der Waals surface area contributed by atoms with E-state index in [1.165, 1.54) is 12.7 Å². The van der Waals surface area contributed by atoms with Gasteiger partial charge in [-0.2, -0.15) is 0 Å². The number of carbonyl (C=O) groups excluding carboxylic acids is 2. The third-order valence-corrected chi connectivity index (χ3v) is 6.38. The number of aromatic nitrogens is 3. The number of nitrogens with one attached hydrogen (secondary N) is 2. The predicted molar refractivity (Wildman–Crippen MR) is 133 cm³/mol. The van der Waals surface area contributed by atoms with Crippen molar-refractivity contribution in [1.29, 1.82) is 0 Å². The van der Waals surface area contributed by atoms with Crippen LogP contribution in [0.25, 0.3) is 11.0 Å². The molecule has 0 bridgehead atoms. The molecule has 1 aliphatic rings. The van der Waals surface area contributed by atoms with Crippen molar-refractivity contribution in [1.82, 2.24) is 14.5 Å². The van der Waals surface area contributed by atoms with Crippen LogP contribution in [0, 0.1) is 5.92 Å². The second-order valence-electron chi connectivity index (χ2n) is 8.64. The largest absolute Gasteiger partial charge is 0.464 e. The van der Waals surface area contributed by atoms with Gasteiger partial charge in [0.15, 0.2) is 5.69 Å². The average molecular weight is 462 g/mol. The van der Waals surface area contributed by atoms with Gasteiger partial charge in [0.2, 0.25) is 5.91 Å². The fraction of sp³-hybridized carbons (Fsp3) is 0.385. The number of hydrogen-bond donors (Lipinski definition) is 2. The molecule has 0 atom stereocenters. The van der Waals surface area contributed by atoms with Crippen molar-refractivity contribution in [2.75, 3.05) is 24.3 Å². The summed E-state index contributed by atoms with van der Waals surface area (Å²) < 4.78 is 6.95. The number of anilines is 2. The van der Waals surface area contributed by atoms with Gasteiger partial charge in [-0.15, -0.1) is 0 Å². The monoisotopic (exact) mass is 461 g/mol. The fourth-order valence-corrected chi connectivity index (χ4v) is 3.99. The van der Waals surface area contributed by atoms with Crippen molar-refractivity contribution in [3.8, 4) is 0 Å². The number of pyridine rings is 2. The Balaban J connectivity index is 1.78. The van der Waals surface area contributed by atoms with E-state index in [1.54, 1.807) is 12.4 Å². The molecule has 0 aromatic carbocycles. The molecular formula is C26H31N5O3. The molecule has 8 nitrogen and oxygen atoms in total. The smallest absolute Gasteiger partial charge is 0.356 e. The SMILES string of the molecule is C/C=C(\C)CNc1cnc2c(c1)c(NC(=O)C1CCC1)c(C(=O)OC)n2CCc1ccccn1. The minimum atomic E-state index is -0.512. The number of rotatable bonds is 9. The molecule has 178 valence electrons. The molecule has 0 aliphatic heterocycles. The highest BCUT2D eigenvalue weighted by atomic mass is 16.5. The van der Waals surface area contributed by atoms with E-state index >= 15 is 0 Å².